The zero-order valence-corrected chi connectivity index (χ0v) is 16.0. The fraction of sp³-hybridized carbons (Fsp3) is 0.136. The lowest BCUT2D eigenvalue weighted by atomic mass is 9.99. The molecule has 150 valence electrons. The third-order valence-electron chi connectivity index (χ3n) is 4.28. The van der Waals surface area contributed by atoms with Crippen molar-refractivity contribution in [2.75, 3.05) is 0 Å². The number of halogens is 4. The van der Waals surface area contributed by atoms with Crippen LogP contribution in [-0.2, 0) is 12.7 Å². The fourth-order valence-electron chi connectivity index (χ4n) is 2.93. The maximum atomic E-state index is 13.6. The van der Waals surface area contributed by atoms with E-state index in [1.807, 2.05) is 60.7 Å². The predicted octanol–water partition coefficient (Wildman–Crippen LogP) is 5.60. The standard InChI is InChI=1S/C22H18F4N2S/c23-19-12-15(11-18(13-19)22(24,25)26)14-27-21(29)28-20(16-7-3-1-4-8-16)17-9-5-2-6-10-17/h1-13,20H,14H2,(H2,27,28,29). The third kappa shape index (κ3) is 5.77. The Morgan fingerprint density at radius 2 is 1.41 bits per heavy atom. The second-order valence-electron chi connectivity index (χ2n) is 6.43. The zero-order chi connectivity index (χ0) is 20.9. The fourth-order valence-corrected chi connectivity index (χ4v) is 3.12. The van der Waals surface area contributed by atoms with E-state index in [4.69, 9.17) is 12.2 Å². The molecule has 3 rings (SSSR count). The molecule has 0 radical (unpaired) electrons. The van der Waals surface area contributed by atoms with E-state index >= 15 is 0 Å². The lowest BCUT2D eigenvalue weighted by Crippen LogP contribution is -2.37. The first-order valence-electron chi connectivity index (χ1n) is 8.84. The van der Waals surface area contributed by atoms with E-state index in [9.17, 15) is 17.6 Å². The molecule has 3 aromatic carbocycles. The van der Waals surface area contributed by atoms with Gasteiger partial charge in [-0.05, 0) is 47.1 Å². The minimum Gasteiger partial charge on any atom is -0.359 e. The second-order valence-corrected chi connectivity index (χ2v) is 6.84. The molecule has 0 atom stereocenters. The number of thiocarbonyl (C=S) groups is 1. The summed E-state index contributed by atoms with van der Waals surface area (Å²) < 4.78 is 52.2. The van der Waals surface area contributed by atoms with Crippen molar-refractivity contribution in [1.82, 2.24) is 10.6 Å². The highest BCUT2D eigenvalue weighted by molar-refractivity contribution is 7.80. The van der Waals surface area contributed by atoms with Gasteiger partial charge in [0.25, 0.3) is 0 Å². The molecule has 7 heteroatoms. The van der Waals surface area contributed by atoms with Gasteiger partial charge in [-0.15, -0.1) is 0 Å². The molecular weight excluding hydrogens is 400 g/mol. The molecule has 0 aromatic heterocycles. The Morgan fingerprint density at radius 3 is 1.93 bits per heavy atom. The lowest BCUT2D eigenvalue weighted by Gasteiger charge is -2.22. The Labute approximate surface area is 171 Å². The van der Waals surface area contributed by atoms with Crippen LogP contribution >= 0.6 is 12.2 Å². The maximum absolute atomic E-state index is 13.6. The van der Waals surface area contributed by atoms with Crippen LogP contribution in [-0.4, -0.2) is 5.11 Å². The number of benzene rings is 3. The van der Waals surface area contributed by atoms with Gasteiger partial charge in [0.05, 0.1) is 11.6 Å². The second kappa shape index (κ2) is 9.05. The van der Waals surface area contributed by atoms with Gasteiger partial charge in [0.1, 0.15) is 5.82 Å². The van der Waals surface area contributed by atoms with Crippen LogP contribution in [0, 0.1) is 5.82 Å². The SMILES string of the molecule is Fc1cc(CNC(=S)NC(c2ccccc2)c2ccccc2)cc(C(F)(F)F)c1. The van der Waals surface area contributed by atoms with Crippen molar-refractivity contribution in [3.63, 3.8) is 0 Å². The zero-order valence-electron chi connectivity index (χ0n) is 15.2. The molecule has 29 heavy (non-hydrogen) atoms. The molecule has 0 aliphatic heterocycles. The minimum atomic E-state index is -4.61. The molecule has 0 aliphatic carbocycles. The highest BCUT2D eigenvalue weighted by Gasteiger charge is 2.31. The van der Waals surface area contributed by atoms with Crippen molar-refractivity contribution < 1.29 is 17.6 Å². The van der Waals surface area contributed by atoms with Crippen LogP contribution in [0.5, 0.6) is 0 Å². The van der Waals surface area contributed by atoms with Gasteiger partial charge < -0.3 is 10.6 Å². The summed E-state index contributed by atoms with van der Waals surface area (Å²) in [4.78, 5) is 0. The monoisotopic (exact) mass is 418 g/mol. The molecule has 0 amide bonds. The molecule has 0 saturated carbocycles. The Balaban J connectivity index is 1.72. The summed E-state index contributed by atoms with van der Waals surface area (Å²) >= 11 is 5.33. The van der Waals surface area contributed by atoms with Gasteiger partial charge in [0.2, 0.25) is 0 Å². The molecule has 0 heterocycles. The summed E-state index contributed by atoms with van der Waals surface area (Å²) in [5, 5.41) is 6.30. The van der Waals surface area contributed by atoms with Crippen LogP contribution in [0.4, 0.5) is 17.6 Å². The number of nitrogens with one attached hydrogen (secondary N) is 2. The highest BCUT2D eigenvalue weighted by atomic mass is 32.1. The Kier molecular flexibility index (Phi) is 6.49. The molecule has 3 aromatic rings. The van der Waals surface area contributed by atoms with Crippen LogP contribution < -0.4 is 10.6 Å². The Bertz CT molecular complexity index is 920. The first-order chi connectivity index (χ1) is 13.8. The summed E-state index contributed by atoms with van der Waals surface area (Å²) in [7, 11) is 0. The molecule has 0 unspecified atom stereocenters. The van der Waals surface area contributed by atoms with Crippen molar-refractivity contribution in [3.8, 4) is 0 Å². The van der Waals surface area contributed by atoms with Gasteiger partial charge in [0.15, 0.2) is 5.11 Å². The molecule has 0 fully saturated rings. The van der Waals surface area contributed by atoms with Crippen LogP contribution in [0.15, 0.2) is 78.9 Å². The average molecular weight is 418 g/mol. The van der Waals surface area contributed by atoms with E-state index in [2.05, 4.69) is 10.6 Å². The van der Waals surface area contributed by atoms with Crippen molar-refractivity contribution in [2.45, 2.75) is 18.8 Å². The Morgan fingerprint density at radius 1 is 0.862 bits per heavy atom. The smallest absolute Gasteiger partial charge is 0.359 e. The van der Waals surface area contributed by atoms with E-state index in [1.165, 1.54) is 0 Å². The van der Waals surface area contributed by atoms with E-state index in [-0.39, 0.29) is 23.3 Å². The largest absolute Gasteiger partial charge is 0.416 e. The van der Waals surface area contributed by atoms with Gasteiger partial charge in [0, 0.05) is 6.54 Å². The summed E-state index contributed by atoms with van der Waals surface area (Å²) in [6.07, 6.45) is -4.61. The van der Waals surface area contributed by atoms with E-state index in [0.717, 1.165) is 23.3 Å². The quantitative estimate of drug-likeness (QED) is 0.417. The summed E-state index contributed by atoms with van der Waals surface area (Å²) in [6, 6.07) is 21.5. The number of hydrogen-bond donors (Lipinski definition) is 2. The minimum absolute atomic E-state index is 0.0387. The molecule has 0 aliphatic rings. The van der Waals surface area contributed by atoms with Crippen molar-refractivity contribution >= 4 is 17.3 Å². The normalized spacial score (nSPS) is 11.3. The van der Waals surface area contributed by atoms with Crippen molar-refractivity contribution in [2.24, 2.45) is 0 Å². The van der Waals surface area contributed by atoms with Gasteiger partial charge in [-0.3, -0.25) is 0 Å². The van der Waals surface area contributed by atoms with E-state index < -0.39 is 17.6 Å². The molecule has 0 bridgehead atoms. The first-order valence-corrected chi connectivity index (χ1v) is 9.24. The summed E-state index contributed by atoms with van der Waals surface area (Å²) in [5.74, 6) is -0.943. The Hall–Kier alpha value is -2.93. The van der Waals surface area contributed by atoms with Crippen molar-refractivity contribution in [3.05, 3.63) is 107 Å². The van der Waals surface area contributed by atoms with E-state index in [1.54, 1.807) is 0 Å². The number of hydrogen-bond acceptors (Lipinski definition) is 1. The van der Waals surface area contributed by atoms with Gasteiger partial charge in [-0.2, -0.15) is 13.2 Å². The van der Waals surface area contributed by atoms with Crippen LogP contribution in [0.1, 0.15) is 28.3 Å². The van der Waals surface area contributed by atoms with Gasteiger partial charge >= 0.3 is 6.18 Å². The maximum Gasteiger partial charge on any atom is 0.416 e. The van der Waals surface area contributed by atoms with E-state index in [0.29, 0.717) is 6.07 Å². The molecule has 2 nitrogen and oxygen atoms in total. The first kappa shape index (κ1) is 20.8. The topological polar surface area (TPSA) is 24.1 Å². The summed E-state index contributed by atoms with van der Waals surface area (Å²) in [5.41, 5.74) is 1.08. The third-order valence-corrected chi connectivity index (χ3v) is 4.54. The van der Waals surface area contributed by atoms with Gasteiger partial charge in [-0.1, -0.05) is 60.7 Å². The summed E-state index contributed by atoms with van der Waals surface area (Å²) in [6.45, 7) is -0.0387. The van der Waals surface area contributed by atoms with Gasteiger partial charge in [-0.25, -0.2) is 4.39 Å². The average Bonchev–Trinajstić information content (AvgIpc) is 2.71. The molecular formula is C22H18F4N2S. The molecule has 2 N–H and O–H groups in total. The van der Waals surface area contributed by atoms with Crippen LogP contribution in [0.3, 0.4) is 0 Å². The molecule has 0 saturated heterocycles. The van der Waals surface area contributed by atoms with Crippen LogP contribution in [0.25, 0.3) is 0 Å². The lowest BCUT2D eigenvalue weighted by molar-refractivity contribution is -0.137. The predicted molar refractivity (Wildman–Crippen MR) is 109 cm³/mol. The van der Waals surface area contributed by atoms with Crippen LogP contribution in [0.2, 0.25) is 0 Å². The number of alkyl halides is 3. The molecule has 0 spiro atoms. The highest BCUT2D eigenvalue weighted by Crippen LogP contribution is 2.30. The number of rotatable bonds is 5. The van der Waals surface area contributed by atoms with Crippen molar-refractivity contribution in [1.29, 1.82) is 0 Å².